The third-order valence-electron chi connectivity index (χ3n) is 4.65. The van der Waals surface area contributed by atoms with Crippen molar-refractivity contribution >= 4 is 17.4 Å². The van der Waals surface area contributed by atoms with Gasteiger partial charge in [-0.25, -0.2) is 0 Å². The van der Waals surface area contributed by atoms with Gasteiger partial charge in [0, 0.05) is 12.1 Å². The first kappa shape index (κ1) is 20.4. The summed E-state index contributed by atoms with van der Waals surface area (Å²) in [4.78, 5) is 26.7. The predicted molar refractivity (Wildman–Crippen MR) is 106 cm³/mol. The number of carbonyl (C=O) groups is 2. The molecule has 0 aromatic heterocycles. The Labute approximate surface area is 168 Å². The highest BCUT2D eigenvalue weighted by molar-refractivity contribution is 6.46. The van der Waals surface area contributed by atoms with Crippen molar-refractivity contribution in [1.82, 2.24) is 4.90 Å². The van der Waals surface area contributed by atoms with Crippen molar-refractivity contribution in [3.63, 3.8) is 0 Å². The fraction of sp³-hybridized carbons (Fsp3) is 0.273. The summed E-state index contributed by atoms with van der Waals surface area (Å²) in [6.45, 7) is 3.50. The topological polar surface area (TPSA) is 107 Å². The summed E-state index contributed by atoms with van der Waals surface area (Å²) in [6.07, 6.45) is -0.879. The van der Waals surface area contributed by atoms with Crippen molar-refractivity contribution in [3.8, 4) is 11.5 Å². The molecule has 1 aliphatic rings. The molecule has 152 valence electrons. The number of benzene rings is 2. The molecule has 7 nitrogen and oxygen atoms in total. The molecule has 1 saturated heterocycles. The van der Waals surface area contributed by atoms with Gasteiger partial charge in [-0.05, 0) is 31.5 Å². The smallest absolute Gasteiger partial charge is 0.295 e. The standard InChI is InChI=1S/C22H23NO6/c1-3-29-17-11-15(9-10-16(17)25)19-18(20(26)14-7-5-4-6-8-14)21(27)22(28)23(19)12-13(2)24/h4-11,13,19,24-26H,3,12H2,1-2H3/b20-18-. The van der Waals surface area contributed by atoms with Crippen molar-refractivity contribution in [2.45, 2.75) is 26.0 Å². The van der Waals surface area contributed by atoms with Gasteiger partial charge in [0.2, 0.25) is 0 Å². The third-order valence-corrected chi connectivity index (χ3v) is 4.65. The zero-order valence-corrected chi connectivity index (χ0v) is 16.2. The maximum Gasteiger partial charge on any atom is 0.295 e. The van der Waals surface area contributed by atoms with Crippen LogP contribution in [-0.2, 0) is 9.59 Å². The van der Waals surface area contributed by atoms with E-state index in [-0.39, 0.29) is 29.4 Å². The van der Waals surface area contributed by atoms with Crippen molar-refractivity contribution < 1.29 is 29.6 Å². The second-order valence-corrected chi connectivity index (χ2v) is 6.83. The highest BCUT2D eigenvalue weighted by Crippen LogP contribution is 2.41. The van der Waals surface area contributed by atoms with Crippen LogP contribution in [0.15, 0.2) is 54.1 Å². The zero-order valence-electron chi connectivity index (χ0n) is 16.2. The van der Waals surface area contributed by atoms with Gasteiger partial charge in [-0.1, -0.05) is 36.4 Å². The first-order chi connectivity index (χ1) is 13.8. The number of hydrogen-bond acceptors (Lipinski definition) is 6. The van der Waals surface area contributed by atoms with Crippen LogP contribution >= 0.6 is 0 Å². The van der Waals surface area contributed by atoms with Crippen LogP contribution in [0.3, 0.4) is 0 Å². The van der Waals surface area contributed by atoms with Crippen LogP contribution in [0.4, 0.5) is 0 Å². The summed E-state index contributed by atoms with van der Waals surface area (Å²) >= 11 is 0. The minimum atomic E-state index is -0.926. The van der Waals surface area contributed by atoms with E-state index in [0.717, 1.165) is 0 Å². The fourth-order valence-corrected chi connectivity index (χ4v) is 3.42. The van der Waals surface area contributed by atoms with E-state index in [1.165, 1.54) is 24.0 Å². The first-order valence-corrected chi connectivity index (χ1v) is 9.32. The Kier molecular flexibility index (Phi) is 5.89. The number of aliphatic hydroxyl groups is 2. The second kappa shape index (κ2) is 8.36. The Hall–Kier alpha value is -3.32. The molecule has 1 amide bonds. The van der Waals surface area contributed by atoms with Crippen molar-refractivity contribution in [2.75, 3.05) is 13.2 Å². The third kappa shape index (κ3) is 3.95. The lowest BCUT2D eigenvalue weighted by molar-refractivity contribution is -0.140. The van der Waals surface area contributed by atoms with Crippen molar-refractivity contribution in [1.29, 1.82) is 0 Å². The van der Waals surface area contributed by atoms with E-state index in [4.69, 9.17) is 4.74 Å². The number of Topliss-reactive ketones (excluding diaryl/α,β-unsaturated/α-hetero) is 1. The van der Waals surface area contributed by atoms with Crippen LogP contribution in [0, 0.1) is 0 Å². The molecule has 2 unspecified atom stereocenters. The largest absolute Gasteiger partial charge is 0.507 e. The van der Waals surface area contributed by atoms with E-state index >= 15 is 0 Å². The normalized spacial score (nSPS) is 19.4. The molecule has 0 bridgehead atoms. The molecule has 2 aromatic carbocycles. The van der Waals surface area contributed by atoms with Crippen LogP contribution in [0.5, 0.6) is 11.5 Å². The van der Waals surface area contributed by atoms with Gasteiger partial charge in [0.15, 0.2) is 11.5 Å². The van der Waals surface area contributed by atoms with Crippen LogP contribution in [0.25, 0.3) is 5.76 Å². The van der Waals surface area contributed by atoms with Crippen molar-refractivity contribution in [2.24, 2.45) is 0 Å². The SMILES string of the molecule is CCOc1cc(C2/C(=C(/O)c3ccccc3)C(=O)C(=O)N2CC(C)O)ccc1O. The summed E-state index contributed by atoms with van der Waals surface area (Å²) in [5, 5.41) is 30.7. The number of carbonyl (C=O) groups excluding carboxylic acids is 2. The first-order valence-electron chi connectivity index (χ1n) is 9.32. The fourth-order valence-electron chi connectivity index (χ4n) is 3.42. The van der Waals surface area contributed by atoms with E-state index in [0.29, 0.717) is 17.7 Å². The molecule has 3 rings (SSSR count). The summed E-state index contributed by atoms with van der Waals surface area (Å²) < 4.78 is 5.42. The Bertz CT molecular complexity index is 951. The summed E-state index contributed by atoms with van der Waals surface area (Å²) in [5.74, 6) is -1.81. The summed E-state index contributed by atoms with van der Waals surface area (Å²) in [5.41, 5.74) is 0.801. The number of ether oxygens (including phenoxy) is 1. The number of ketones is 1. The zero-order chi connectivity index (χ0) is 21.1. The average Bonchev–Trinajstić information content (AvgIpc) is 2.94. The summed E-state index contributed by atoms with van der Waals surface area (Å²) in [7, 11) is 0. The van der Waals surface area contributed by atoms with Gasteiger partial charge < -0.3 is 25.0 Å². The lowest BCUT2D eigenvalue weighted by Gasteiger charge is -2.26. The maximum atomic E-state index is 12.8. The molecule has 1 aliphatic heterocycles. The number of aliphatic hydroxyl groups excluding tert-OH is 2. The molecule has 2 atom stereocenters. The quantitative estimate of drug-likeness (QED) is 0.393. The van der Waals surface area contributed by atoms with Gasteiger partial charge in [0.05, 0.1) is 24.3 Å². The molecule has 1 fully saturated rings. The predicted octanol–water partition coefficient (Wildman–Crippen LogP) is 2.59. The molecule has 3 N–H and O–H groups in total. The second-order valence-electron chi connectivity index (χ2n) is 6.83. The van der Waals surface area contributed by atoms with Crippen LogP contribution in [0.2, 0.25) is 0 Å². The highest BCUT2D eigenvalue weighted by Gasteiger charge is 2.46. The number of β-amino-alcohol motifs (C(OH)–C–C–N with tert-alkyl or cyclic N) is 1. The number of nitrogens with zero attached hydrogens (tertiary/aromatic N) is 1. The van der Waals surface area contributed by atoms with Crippen LogP contribution in [0.1, 0.15) is 31.0 Å². The number of phenolic OH excluding ortho intramolecular Hbond substituents is 1. The molecule has 2 aromatic rings. The lowest BCUT2D eigenvalue weighted by Crippen LogP contribution is -2.35. The Balaban J connectivity index is 2.20. The molecule has 7 heteroatoms. The van der Waals surface area contributed by atoms with Gasteiger partial charge in [0.1, 0.15) is 5.76 Å². The number of amides is 1. The highest BCUT2D eigenvalue weighted by atomic mass is 16.5. The van der Waals surface area contributed by atoms with E-state index in [1.807, 2.05) is 0 Å². The molecule has 0 saturated carbocycles. The van der Waals surface area contributed by atoms with Gasteiger partial charge in [-0.2, -0.15) is 0 Å². The van der Waals surface area contributed by atoms with Crippen LogP contribution in [-0.4, -0.2) is 51.2 Å². The molecular formula is C22H23NO6. The molecular weight excluding hydrogens is 374 g/mol. The van der Waals surface area contributed by atoms with Gasteiger partial charge in [-0.3, -0.25) is 9.59 Å². The Morgan fingerprint density at radius 3 is 2.48 bits per heavy atom. The van der Waals surface area contributed by atoms with Gasteiger partial charge in [0.25, 0.3) is 11.7 Å². The maximum absolute atomic E-state index is 12.8. The molecule has 1 heterocycles. The number of aromatic hydroxyl groups is 1. The lowest BCUT2D eigenvalue weighted by atomic mass is 9.95. The Morgan fingerprint density at radius 1 is 1.17 bits per heavy atom. The summed E-state index contributed by atoms with van der Waals surface area (Å²) in [6, 6.07) is 12.0. The van der Waals surface area contributed by atoms with Gasteiger partial charge >= 0.3 is 0 Å². The van der Waals surface area contributed by atoms with E-state index in [2.05, 4.69) is 0 Å². The van der Waals surface area contributed by atoms with Crippen molar-refractivity contribution in [3.05, 3.63) is 65.2 Å². The number of phenols is 1. The molecule has 0 spiro atoms. The molecule has 0 radical (unpaired) electrons. The minimum Gasteiger partial charge on any atom is -0.507 e. The molecule has 29 heavy (non-hydrogen) atoms. The van der Waals surface area contributed by atoms with Gasteiger partial charge in [-0.15, -0.1) is 0 Å². The number of likely N-dealkylation sites (tertiary alicyclic amines) is 1. The minimum absolute atomic E-state index is 0.0741. The average molecular weight is 397 g/mol. The van der Waals surface area contributed by atoms with E-state index in [1.54, 1.807) is 43.3 Å². The monoisotopic (exact) mass is 397 g/mol. The molecule has 0 aliphatic carbocycles. The Morgan fingerprint density at radius 2 is 1.86 bits per heavy atom. The van der Waals surface area contributed by atoms with E-state index in [9.17, 15) is 24.9 Å². The van der Waals surface area contributed by atoms with Crippen LogP contribution < -0.4 is 4.74 Å². The number of hydrogen-bond donors (Lipinski definition) is 3. The number of rotatable bonds is 6. The van der Waals surface area contributed by atoms with E-state index < -0.39 is 23.8 Å².